The number of ether oxygens (including phenoxy) is 3. The molecule has 5 heteroatoms. The van der Waals surface area contributed by atoms with E-state index >= 15 is 0 Å². The van der Waals surface area contributed by atoms with E-state index in [1.807, 2.05) is 0 Å². The van der Waals surface area contributed by atoms with Crippen molar-refractivity contribution in [1.82, 2.24) is 0 Å². The molecule has 0 aromatic heterocycles. The third-order valence-electron chi connectivity index (χ3n) is 1.22. The lowest BCUT2D eigenvalue weighted by Gasteiger charge is -2.04. The minimum absolute atomic E-state index is 0.0557. The first-order valence-electron chi connectivity index (χ1n) is 4.43. The summed E-state index contributed by atoms with van der Waals surface area (Å²) in [5.74, 6) is -0.399. The zero-order valence-corrected chi connectivity index (χ0v) is 8.24. The molecule has 0 saturated carbocycles. The van der Waals surface area contributed by atoms with Gasteiger partial charge >= 0.3 is 5.97 Å². The third-order valence-corrected chi connectivity index (χ3v) is 1.22. The van der Waals surface area contributed by atoms with Gasteiger partial charge in [-0.2, -0.15) is 0 Å². The zero-order valence-electron chi connectivity index (χ0n) is 8.24. The van der Waals surface area contributed by atoms with Gasteiger partial charge in [0.25, 0.3) is 0 Å². The van der Waals surface area contributed by atoms with Crippen LogP contribution in [-0.2, 0) is 19.0 Å². The molecule has 0 aliphatic rings. The summed E-state index contributed by atoms with van der Waals surface area (Å²) in [6.07, 6.45) is 1.50. The lowest BCUT2D eigenvalue weighted by atomic mass is 10.6. The van der Waals surface area contributed by atoms with Crippen molar-refractivity contribution in [3.05, 3.63) is 12.7 Å². The summed E-state index contributed by atoms with van der Waals surface area (Å²) >= 11 is 0. The van der Waals surface area contributed by atoms with E-state index in [-0.39, 0.29) is 13.2 Å². The third kappa shape index (κ3) is 9.18. The first kappa shape index (κ1) is 13.1. The van der Waals surface area contributed by atoms with Gasteiger partial charge in [0.2, 0.25) is 0 Å². The quantitative estimate of drug-likeness (QED) is 0.317. The van der Waals surface area contributed by atoms with E-state index in [0.717, 1.165) is 0 Å². The van der Waals surface area contributed by atoms with Crippen LogP contribution in [0.4, 0.5) is 0 Å². The Hall–Kier alpha value is -0.910. The van der Waals surface area contributed by atoms with Gasteiger partial charge in [0.05, 0.1) is 19.8 Å². The van der Waals surface area contributed by atoms with Gasteiger partial charge < -0.3 is 19.9 Å². The molecule has 0 saturated heterocycles. The maximum Gasteiger partial charge on any atom is 0.332 e. The predicted molar refractivity (Wildman–Crippen MR) is 51.8 cm³/mol. The lowest BCUT2D eigenvalue weighted by Crippen LogP contribution is -2.16. The number of carbonyl (C=O) groups is 1. The summed E-state index contributed by atoms with van der Waals surface area (Å²) in [6, 6.07) is 0. The highest BCUT2D eigenvalue weighted by molar-refractivity contribution is 5.70. The molecule has 2 N–H and O–H groups in total. The van der Waals surface area contributed by atoms with E-state index in [1.165, 1.54) is 6.08 Å². The summed E-state index contributed by atoms with van der Waals surface area (Å²) in [5, 5.41) is 0. The molecule has 0 bridgehead atoms. The van der Waals surface area contributed by atoms with Crippen molar-refractivity contribution in [2.24, 2.45) is 5.73 Å². The van der Waals surface area contributed by atoms with Gasteiger partial charge in [-0.05, 0) is 0 Å². The standard InChI is InChI=1S/C9H17NO4/c1-2-4-14-9(11)8-13-7-6-12-5-3-10/h2H,1,3-8,10H2. The number of hydrogen-bond donors (Lipinski definition) is 1. The highest BCUT2D eigenvalue weighted by Crippen LogP contribution is 1.83. The second kappa shape index (κ2) is 10.2. The van der Waals surface area contributed by atoms with E-state index in [9.17, 15) is 4.79 Å². The molecule has 0 rings (SSSR count). The van der Waals surface area contributed by atoms with Crippen LogP contribution >= 0.6 is 0 Å². The van der Waals surface area contributed by atoms with Crippen molar-refractivity contribution in [2.45, 2.75) is 0 Å². The van der Waals surface area contributed by atoms with Crippen LogP contribution in [0.3, 0.4) is 0 Å². The van der Waals surface area contributed by atoms with Gasteiger partial charge in [0.15, 0.2) is 0 Å². The Labute approximate surface area is 83.8 Å². The lowest BCUT2D eigenvalue weighted by molar-refractivity contribution is -0.148. The van der Waals surface area contributed by atoms with E-state index in [1.54, 1.807) is 0 Å². The molecular weight excluding hydrogens is 186 g/mol. The molecule has 0 heterocycles. The van der Waals surface area contributed by atoms with Crippen LogP contribution in [0.2, 0.25) is 0 Å². The Morgan fingerprint density at radius 3 is 2.64 bits per heavy atom. The fourth-order valence-electron chi connectivity index (χ4n) is 0.652. The van der Waals surface area contributed by atoms with Crippen molar-refractivity contribution in [3.8, 4) is 0 Å². The van der Waals surface area contributed by atoms with Gasteiger partial charge in [0, 0.05) is 6.54 Å². The second-order valence-corrected chi connectivity index (χ2v) is 2.43. The summed E-state index contributed by atoms with van der Waals surface area (Å²) in [4.78, 5) is 10.8. The van der Waals surface area contributed by atoms with Gasteiger partial charge in [-0.15, -0.1) is 0 Å². The first-order valence-corrected chi connectivity index (χ1v) is 4.43. The Morgan fingerprint density at radius 2 is 2.00 bits per heavy atom. The van der Waals surface area contributed by atoms with Crippen LogP contribution in [0.25, 0.3) is 0 Å². The van der Waals surface area contributed by atoms with Gasteiger partial charge in [-0.25, -0.2) is 4.79 Å². The van der Waals surface area contributed by atoms with E-state index < -0.39 is 5.97 Å². The van der Waals surface area contributed by atoms with E-state index in [2.05, 4.69) is 11.3 Å². The van der Waals surface area contributed by atoms with Crippen molar-refractivity contribution >= 4 is 5.97 Å². The largest absolute Gasteiger partial charge is 0.460 e. The van der Waals surface area contributed by atoms with Crippen LogP contribution in [0, 0.1) is 0 Å². The topological polar surface area (TPSA) is 70.8 Å². The van der Waals surface area contributed by atoms with Crippen molar-refractivity contribution in [1.29, 1.82) is 0 Å². The normalized spacial score (nSPS) is 9.79. The summed E-state index contributed by atoms with van der Waals surface area (Å²) in [7, 11) is 0. The fraction of sp³-hybridized carbons (Fsp3) is 0.667. The Morgan fingerprint density at radius 1 is 1.29 bits per heavy atom. The maximum atomic E-state index is 10.8. The average Bonchev–Trinajstić information content (AvgIpc) is 2.20. The van der Waals surface area contributed by atoms with Crippen molar-refractivity contribution in [2.75, 3.05) is 39.6 Å². The number of nitrogens with two attached hydrogens (primary N) is 1. The predicted octanol–water partition coefficient (Wildman–Crippen LogP) is -0.292. The molecule has 0 radical (unpaired) electrons. The molecule has 0 spiro atoms. The molecule has 0 aliphatic carbocycles. The Balaban J connectivity index is 3.10. The molecule has 14 heavy (non-hydrogen) atoms. The average molecular weight is 203 g/mol. The molecule has 0 aliphatic heterocycles. The van der Waals surface area contributed by atoms with E-state index in [4.69, 9.17) is 15.2 Å². The molecule has 0 amide bonds. The number of esters is 1. The first-order chi connectivity index (χ1) is 6.81. The van der Waals surface area contributed by atoms with Crippen LogP contribution in [0.1, 0.15) is 0 Å². The minimum atomic E-state index is -0.399. The van der Waals surface area contributed by atoms with Gasteiger partial charge in [0.1, 0.15) is 13.2 Å². The molecule has 82 valence electrons. The molecular formula is C9H17NO4. The number of hydrogen-bond acceptors (Lipinski definition) is 5. The van der Waals surface area contributed by atoms with Crippen molar-refractivity contribution in [3.63, 3.8) is 0 Å². The SMILES string of the molecule is C=CCOC(=O)COCCOCCN. The van der Waals surface area contributed by atoms with Crippen LogP contribution in [0.15, 0.2) is 12.7 Å². The Bertz CT molecular complexity index is 161. The van der Waals surface area contributed by atoms with Crippen LogP contribution in [0.5, 0.6) is 0 Å². The van der Waals surface area contributed by atoms with E-state index in [0.29, 0.717) is 26.4 Å². The van der Waals surface area contributed by atoms with Gasteiger partial charge in [-0.3, -0.25) is 0 Å². The monoisotopic (exact) mass is 203 g/mol. The van der Waals surface area contributed by atoms with Gasteiger partial charge in [-0.1, -0.05) is 12.7 Å². The highest BCUT2D eigenvalue weighted by Gasteiger charge is 2.00. The summed E-state index contributed by atoms with van der Waals surface area (Å²) < 4.78 is 14.7. The molecule has 0 aromatic carbocycles. The van der Waals surface area contributed by atoms with Crippen molar-refractivity contribution < 1.29 is 19.0 Å². The summed E-state index contributed by atoms with van der Waals surface area (Å²) in [5.41, 5.74) is 5.20. The molecule has 0 atom stereocenters. The highest BCUT2D eigenvalue weighted by atomic mass is 16.6. The molecule has 0 aromatic rings. The molecule has 0 fully saturated rings. The number of rotatable bonds is 9. The number of carbonyl (C=O) groups excluding carboxylic acids is 1. The Kier molecular flexibility index (Phi) is 9.51. The second-order valence-electron chi connectivity index (χ2n) is 2.43. The zero-order chi connectivity index (χ0) is 10.6. The summed E-state index contributed by atoms with van der Waals surface area (Å²) in [6.45, 7) is 5.36. The molecule has 0 unspecified atom stereocenters. The maximum absolute atomic E-state index is 10.8. The smallest absolute Gasteiger partial charge is 0.332 e. The molecule has 5 nitrogen and oxygen atoms in total. The minimum Gasteiger partial charge on any atom is -0.460 e. The fourth-order valence-corrected chi connectivity index (χ4v) is 0.652. The van der Waals surface area contributed by atoms with Crippen LogP contribution < -0.4 is 5.73 Å². The van der Waals surface area contributed by atoms with Crippen LogP contribution in [-0.4, -0.2) is 45.5 Å².